The molecule has 2 heterocycles. The van der Waals surface area contributed by atoms with Crippen molar-refractivity contribution in [3.8, 4) is 0 Å². The first-order chi connectivity index (χ1) is 10.6. The van der Waals surface area contributed by atoms with E-state index in [-0.39, 0.29) is 11.5 Å². The molecular formula is C16H20N4O2. The Balaban J connectivity index is 1.62. The van der Waals surface area contributed by atoms with Crippen molar-refractivity contribution in [2.24, 2.45) is 0 Å². The molecule has 1 aliphatic carbocycles. The predicted molar refractivity (Wildman–Crippen MR) is 82.6 cm³/mol. The summed E-state index contributed by atoms with van der Waals surface area (Å²) in [5, 5.41) is 7.20. The molecule has 0 bridgehead atoms. The van der Waals surface area contributed by atoms with Crippen LogP contribution in [-0.2, 0) is 11.3 Å². The molecule has 2 aromatic heterocycles. The van der Waals surface area contributed by atoms with Gasteiger partial charge in [-0.15, -0.1) is 0 Å². The minimum atomic E-state index is -0.601. The van der Waals surface area contributed by atoms with E-state index in [0.29, 0.717) is 19.0 Å². The van der Waals surface area contributed by atoms with Crippen LogP contribution in [0, 0.1) is 0 Å². The molecule has 1 fully saturated rings. The number of nitrogens with zero attached hydrogens (tertiary/aromatic N) is 3. The Bertz CT molecular complexity index is 701. The third-order valence-electron chi connectivity index (χ3n) is 3.92. The average Bonchev–Trinajstić information content (AvgIpc) is 3.24. The molecule has 1 aliphatic rings. The zero-order valence-corrected chi connectivity index (χ0v) is 12.6. The molecule has 0 aliphatic heterocycles. The van der Waals surface area contributed by atoms with E-state index >= 15 is 0 Å². The Morgan fingerprint density at radius 1 is 1.36 bits per heavy atom. The zero-order valence-electron chi connectivity index (χ0n) is 12.6. The van der Waals surface area contributed by atoms with Gasteiger partial charge in [-0.3, -0.25) is 9.59 Å². The van der Waals surface area contributed by atoms with Gasteiger partial charge in [-0.05, 0) is 38.0 Å². The number of nitrogens with one attached hydrogen (secondary N) is 1. The fourth-order valence-electron chi connectivity index (χ4n) is 2.40. The smallest absolute Gasteiger partial charge is 0.267 e. The number of carbonyl (C=O) groups is 1. The number of carbonyl (C=O) groups excluding carboxylic acids is 1. The Kier molecular flexibility index (Phi) is 4.09. The summed E-state index contributed by atoms with van der Waals surface area (Å²) >= 11 is 0. The van der Waals surface area contributed by atoms with Crippen molar-refractivity contribution in [2.75, 3.05) is 6.54 Å². The van der Waals surface area contributed by atoms with Crippen molar-refractivity contribution in [1.29, 1.82) is 0 Å². The molecule has 1 atom stereocenters. The van der Waals surface area contributed by atoms with Crippen LogP contribution < -0.4 is 10.9 Å². The maximum absolute atomic E-state index is 12.2. The van der Waals surface area contributed by atoms with Crippen LogP contribution in [0.3, 0.4) is 0 Å². The molecule has 6 heteroatoms. The van der Waals surface area contributed by atoms with Gasteiger partial charge in [0.2, 0.25) is 5.91 Å². The molecule has 0 aromatic carbocycles. The summed E-state index contributed by atoms with van der Waals surface area (Å²) in [5.41, 5.74) is 0.670. The summed E-state index contributed by atoms with van der Waals surface area (Å²) in [4.78, 5) is 24.1. The summed E-state index contributed by atoms with van der Waals surface area (Å²) in [7, 11) is 0. The Labute approximate surface area is 128 Å². The van der Waals surface area contributed by atoms with E-state index < -0.39 is 6.04 Å². The van der Waals surface area contributed by atoms with Crippen molar-refractivity contribution >= 4 is 5.91 Å². The van der Waals surface area contributed by atoms with Crippen LogP contribution in [0.4, 0.5) is 0 Å². The van der Waals surface area contributed by atoms with Gasteiger partial charge in [0.25, 0.3) is 5.56 Å². The SMILES string of the molecule is CC(C(=O)NCCn1cccc1)n1nc(C2CC2)ccc1=O. The molecule has 1 N–H and O–H groups in total. The zero-order chi connectivity index (χ0) is 15.5. The molecule has 3 rings (SSSR count). The lowest BCUT2D eigenvalue weighted by Gasteiger charge is -2.15. The first kappa shape index (κ1) is 14.6. The van der Waals surface area contributed by atoms with E-state index in [1.165, 1.54) is 10.7 Å². The molecule has 0 radical (unpaired) electrons. The predicted octanol–water partition coefficient (Wildman–Crippen LogP) is 1.30. The lowest BCUT2D eigenvalue weighted by molar-refractivity contribution is -0.124. The Hall–Kier alpha value is -2.37. The normalized spacial score (nSPS) is 15.5. The van der Waals surface area contributed by atoms with Crippen LogP contribution in [0.25, 0.3) is 0 Å². The van der Waals surface area contributed by atoms with Crippen LogP contribution in [0.2, 0.25) is 0 Å². The Morgan fingerprint density at radius 3 is 2.77 bits per heavy atom. The van der Waals surface area contributed by atoms with Crippen LogP contribution in [0.15, 0.2) is 41.5 Å². The molecular weight excluding hydrogens is 280 g/mol. The lowest BCUT2D eigenvalue weighted by Crippen LogP contribution is -2.38. The fourth-order valence-corrected chi connectivity index (χ4v) is 2.40. The molecule has 116 valence electrons. The van der Waals surface area contributed by atoms with Gasteiger partial charge in [0.1, 0.15) is 6.04 Å². The second-order valence-electron chi connectivity index (χ2n) is 5.70. The first-order valence-corrected chi connectivity index (χ1v) is 7.63. The minimum Gasteiger partial charge on any atom is -0.353 e. The van der Waals surface area contributed by atoms with Crippen molar-refractivity contribution in [2.45, 2.75) is 38.3 Å². The van der Waals surface area contributed by atoms with Crippen molar-refractivity contribution in [3.63, 3.8) is 0 Å². The van der Waals surface area contributed by atoms with E-state index in [9.17, 15) is 9.59 Å². The van der Waals surface area contributed by atoms with Crippen molar-refractivity contribution in [3.05, 3.63) is 52.7 Å². The quantitative estimate of drug-likeness (QED) is 0.874. The second kappa shape index (κ2) is 6.17. The fraction of sp³-hybridized carbons (Fsp3) is 0.438. The molecule has 6 nitrogen and oxygen atoms in total. The molecule has 1 saturated carbocycles. The molecule has 1 unspecified atom stereocenters. The highest BCUT2D eigenvalue weighted by molar-refractivity contribution is 5.79. The molecule has 0 saturated heterocycles. The third kappa shape index (κ3) is 3.27. The maximum atomic E-state index is 12.2. The van der Waals surface area contributed by atoms with E-state index in [4.69, 9.17) is 0 Å². The van der Waals surface area contributed by atoms with E-state index in [1.807, 2.05) is 29.1 Å². The maximum Gasteiger partial charge on any atom is 0.267 e. The highest BCUT2D eigenvalue weighted by Crippen LogP contribution is 2.38. The Morgan fingerprint density at radius 2 is 2.09 bits per heavy atom. The second-order valence-corrected chi connectivity index (χ2v) is 5.70. The van der Waals surface area contributed by atoms with Gasteiger partial charge < -0.3 is 9.88 Å². The van der Waals surface area contributed by atoms with E-state index in [2.05, 4.69) is 10.4 Å². The number of hydrogen-bond donors (Lipinski definition) is 1. The first-order valence-electron chi connectivity index (χ1n) is 7.63. The van der Waals surface area contributed by atoms with Gasteiger partial charge in [-0.25, -0.2) is 4.68 Å². The third-order valence-corrected chi connectivity index (χ3v) is 3.92. The van der Waals surface area contributed by atoms with Crippen LogP contribution in [0.1, 0.15) is 37.4 Å². The summed E-state index contributed by atoms with van der Waals surface area (Å²) in [6, 6.07) is 6.56. The van der Waals surface area contributed by atoms with Gasteiger partial charge in [-0.1, -0.05) is 0 Å². The molecule has 0 spiro atoms. The summed E-state index contributed by atoms with van der Waals surface area (Å²) in [6.45, 7) is 2.93. The minimum absolute atomic E-state index is 0.185. The topological polar surface area (TPSA) is 68.9 Å². The standard InChI is InChI=1S/C16H20N4O2/c1-12(16(22)17-8-11-19-9-2-3-10-19)20-15(21)7-6-14(18-20)13-4-5-13/h2-3,6-7,9-10,12-13H,4-5,8,11H2,1H3,(H,17,22). The molecule has 2 aromatic rings. The van der Waals surface area contributed by atoms with Crippen LogP contribution in [0.5, 0.6) is 0 Å². The number of aromatic nitrogens is 3. The van der Waals surface area contributed by atoms with E-state index in [1.54, 1.807) is 13.0 Å². The summed E-state index contributed by atoms with van der Waals surface area (Å²) in [5.74, 6) is 0.269. The van der Waals surface area contributed by atoms with Crippen molar-refractivity contribution < 1.29 is 4.79 Å². The van der Waals surface area contributed by atoms with E-state index in [0.717, 1.165) is 18.5 Å². The largest absolute Gasteiger partial charge is 0.353 e. The number of amides is 1. The van der Waals surface area contributed by atoms with Gasteiger partial charge in [0.05, 0.1) is 5.69 Å². The highest BCUT2D eigenvalue weighted by Gasteiger charge is 2.26. The van der Waals surface area contributed by atoms with Gasteiger partial charge in [0, 0.05) is 37.5 Å². The highest BCUT2D eigenvalue weighted by atomic mass is 16.2. The number of rotatable bonds is 6. The van der Waals surface area contributed by atoms with Gasteiger partial charge >= 0.3 is 0 Å². The summed E-state index contributed by atoms with van der Waals surface area (Å²) < 4.78 is 3.28. The van der Waals surface area contributed by atoms with Crippen LogP contribution in [-0.4, -0.2) is 26.8 Å². The van der Waals surface area contributed by atoms with Gasteiger partial charge in [0.15, 0.2) is 0 Å². The monoisotopic (exact) mass is 300 g/mol. The number of hydrogen-bond acceptors (Lipinski definition) is 3. The lowest BCUT2D eigenvalue weighted by atomic mass is 10.2. The van der Waals surface area contributed by atoms with Crippen molar-refractivity contribution in [1.82, 2.24) is 19.7 Å². The summed E-state index contributed by atoms with van der Waals surface area (Å²) in [6.07, 6.45) is 6.12. The average molecular weight is 300 g/mol. The molecule has 1 amide bonds. The van der Waals surface area contributed by atoms with Gasteiger partial charge in [-0.2, -0.15) is 5.10 Å². The van der Waals surface area contributed by atoms with Crippen LogP contribution >= 0.6 is 0 Å². The molecule has 22 heavy (non-hydrogen) atoms.